The summed E-state index contributed by atoms with van der Waals surface area (Å²) in [6, 6.07) is 68.7. The predicted molar refractivity (Wildman–Crippen MR) is 246 cm³/mol. The van der Waals surface area contributed by atoms with Gasteiger partial charge in [0.15, 0.2) is 0 Å². The molecule has 274 valence electrons. The molecule has 56 heavy (non-hydrogen) atoms. The SMILES string of the molecule is C/C(=C\C=C(/C)N(c1ccccc1)c1cc2ccccc2c2ccccc12)c1ccc(C)cc1.Cc1cc2ccccc2c2ccccc12.Cc1ccccc1. The Hall–Kier alpha value is -6.70. The molecule has 0 fully saturated rings. The minimum atomic E-state index is 1.15. The molecule has 1 nitrogen and oxygen atoms in total. The number of nitrogens with zero attached hydrogens (tertiary/aromatic N) is 1. The molecule has 0 spiro atoms. The van der Waals surface area contributed by atoms with Crippen LogP contribution in [0.2, 0.25) is 0 Å². The van der Waals surface area contributed by atoms with Gasteiger partial charge in [0.1, 0.15) is 0 Å². The normalized spacial score (nSPS) is 11.5. The molecule has 0 aliphatic rings. The van der Waals surface area contributed by atoms with Crippen molar-refractivity contribution in [2.24, 2.45) is 0 Å². The summed E-state index contributed by atoms with van der Waals surface area (Å²) in [6.45, 7) is 10.7. The van der Waals surface area contributed by atoms with Crippen molar-refractivity contribution in [3.8, 4) is 0 Å². The molecule has 0 aliphatic heterocycles. The second kappa shape index (κ2) is 17.6. The molecule has 0 aromatic heterocycles. The number of anilines is 2. The molecular weight excluding hydrogens is 675 g/mol. The topological polar surface area (TPSA) is 3.24 Å². The van der Waals surface area contributed by atoms with Gasteiger partial charge < -0.3 is 4.90 Å². The molecule has 9 aromatic carbocycles. The van der Waals surface area contributed by atoms with Crippen molar-refractivity contribution in [3.05, 3.63) is 234 Å². The van der Waals surface area contributed by atoms with Crippen molar-refractivity contribution in [1.82, 2.24) is 0 Å². The number of rotatable bonds is 5. The van der Waals surface area contributed by atoms with E-state index in [4.69, 9.17) is 0 Å². The van der Waals surface area contributed by atoms with Crippen molar-refractivity contribution in [3.63, 3.8) is 0 Å². The third kappa shape index (κ3) is 8.65. The zero-order chi connectivity index (χ0) is 38.9. The molecule has 0 saturated heterocycles. The second-order valence-corrected chi connectivity index (χ2v) is 14.5. The number of fused-ring (bicyclic) bond motifs is 6. The summed E-state index contributed by atoms with van der Waals surface area (Å²) in [4.78, 5) is 2.37. The minimum Gasteiger partial charge on any atom is -0.314 e. The van der Waals surface area contributed by atoms with Crippen LogP contribution in [0.15, 0.2) is 212 Å². The van der Waals surface area contributed by atoms with Gasteiger partial charge in [0.2, 0.25) is 0 Å². The van der Waals surface area contributed by atoms with Gasteiger partial charge in [-0.05, 0) is 113 Å². The maximum absolute atomic E-state index is 2.37. The molecule has 0 atom stereocenters. The molecule has 0 aliphatic carbocycles. The quantitative estimate of drug-likeness (QED) is 0.126. The first-order valence-electron chi connectivity index (χ1n) is 19.4. The van der Waals surface area contributed by atoms with E-state index < -0.39 is 0 Å². The molecule has 0 amide bonds. The standard InChI is InChI=1S/C33H29N.C15H12.C7H8/c1-24-17-21-27(22-18-24)25(2)19-20-26(3)34(29-12-5-4-6-13-29)33-23-28-11-7-8-14-30(28)31-15-9-10-16-32(31)33;1-11-10-12-6-2-3-8-14(12)15-9-5-4-7-13(11)15;1-7-5-3-2-4-6-7/h4-23H,1-3H3;2-10H,1H3;2-6H,1H3/b25-19+,26-20+;;. The van der Waals surface area contributed by atoms with Crippen LogP contribution >= 0.6 is 0 Å². The van der Waals surface area contributed by atoms with Crippen LogP contribution in [0.4, 0.5) is 11.4 Å². The highest BCUT2D eigenvalue weighted by molar-refractivity contribution is 6.14. The van der Waals surface area contributed by atoms with Gasteiger partial charge in [-0.25, -0.2) is 0 Å². The van der Waals surface area contributed by atoms with Crippen LogP contribution < -0.4 is 4.90 Å². The zero-order valence-electron chi connectivity index (χ0n) is 33.1. The fourth-order valence-electron chi connectivity index (χ4n) is 7.34. The lowest BCUT2D eigenvalue weighted by Crippen LogP contribution is -2.14. The molecule has 9 aromatic rings. The van der Waals surface area contributed by atoms with Crippen molar-refractivity contribution >= 4 is 60.0 Å². The summed E-state index contributed by atoms with van der Waals surface area (Å²) >= 11 is 0. The lowest BCUT2D eigenvalue weighted by Gasteiger charge is -2.28. The van der Waals surface area contributed by atoms with E-state index in [2.05, 4.69) is 228 Å². The largest absolute Gasteiger partial charge is 0.314 e. The van der Waals surface area contributed by atoms with Crippen LogP contribution in [0, 0.1) is 20.8 Å². The van der Waals surface area contributed by atoms with Crippen LogP contribution in [0.5, 0.6) is 0 Å². The number of allylic oxidation sites excluding steroid dienone is 4. The molecular formula is C55H49N. The van der Waals surface area contributed by atoms with Crippen LogP contribution in [-0.2, 0) is 0 Å². The predicted octanol–water partition coefficient (Wildman–Crippen LogP) is 15.7. The summed E-state index contributed by atoms with van der Waals surface area (Å²) in [6.07, 6.45) is 4.45. The molecule has 0 radical (unpaired) electrons. The zero-order valence-corrected chi connectivity index (χ0v) is 33.1. The van der Waals surface area contributed by atoms with Crippen molar-refractivity contribution in [2.45, 2.75) is 34.6 Å². The number of aryl methyl sites for hydroxylation is 3. The first-order valence-corrected chi connectivity index (χ1v) is 19.4. The summed E-state index contributed by atoms with van der Waals surface area (Å²) in [5, 5.41) is 10.4. The van der Waals surface area contributed by atoms with Gasteiger partial charge in [-0.2, -0.15) is 0 Å². The van der Waals surface area contributed by atoms with Crippen molar-refractivity contribution < 1.29 is 0 Å². The molecule has 0 bridgehead atoms. The van der Waals surface area contributed by atoms with E-state index in [1.54, 1.807) is 0 Å². The van der Waals surface area contributed by atoms with Gasteiger partial charge in [-0.15, -0.1) is 0 Å². The highest BCUT2D eigenvalue weighted by Gasteiger charge is 2.16. The smallest absolute Gasteiger partial charge is 0.0543 e. The molecule has 0 N–H and O–H groups in total. The molecule has 0 heterocycles. The Bertz CT molecular complexity index is 2770. The van der Waals surface area contributed by atoms with Crippen molar-refractivity contribution in [1.29, 1.82) is 0 Å². The molecule has 1 heteroatoms. The molecule has 9 rings (SSSR count). The van der Waals surface area contributed by atoms with Gasteiger partial charge in [0, 0.05) is 16.8 Å². The van der Waals surface area contributed by atoms with Crippen LogP contribution in [-0.4, -0.2) is 0 Å². The molecule has 0 saturated carbocycles. The Kier molecular flexibility index (Phi) is 11.8. The average molecular weight is 724 g/mol. The lowest BCUT2D eigenvalue weighted by molar-refractivity contribution is 1.17. The van der Waals surface area contributed by atoms with Gasteiger partial charge in [-0.1, -0.05) is 193 Å². The van der Waals surface area contributed by atoms with E-state index in [0.29, 0.717) is 0 Å². The number of benzene rings is 9. The maximum atomic E-state index is 2.37. The average Bonchev–Trinajstić information content (AvgIpc) is 3.24. The number of hydrogen-bond acceptors (Lipinski definition) is 1. The first-order chi connectivity index (χ1) is 27.4. The number of para-hydroxylation sites is 1. The van der Waals surface area contributed by atoms with Crippen molar-refractivity contribution in [2.75, 3.05) is 4.90 Å². The number of hydrogen-bond donors (Lipinski definition) is 0. The minimum absolute atomic E-state index is 1.15. The third-order valence-electron chi connectivity index (χ3n) is 10.4. The van der Waals surface area contributed by atoms with E-state index >= 15 is 0 Å². The monoisotopic (exact) mass is 723 g/mol. The van der Waals surface area contributed by atoms with E-state index in [1.807, 2.05) is 18.2 Å². The maximum Gasteiger partial charge on any atom is 0.0543 e. The first kappa shape index (κ1) is 37.6. The van der Waals surface area contributed by atoms with Gasteiger partial charge in [0.25, 0.3) is 0 Å². The Labute approximate surface area is 332 Å². The fourth-order valence-corrected chi connectivity index (χ4v) is 7.34. The highest BCUT2D eigenvalue weighted by Crippen LogP contribution is 2.39. The Morgan fingerprint density at radius 2 is 0.839 bits per heavy atom. The third-order valence-corrected chi connectivity index (χ3v) is 10.4. The Balaban J connectivity index is 0.000000177. The van der Waals surface area contributed by atoms with Gasteiger partial charge >= 0.3 is 0 Å². The van der Waals surface area contributed by atoms with Crippen LogP contribution in [0.1, 0.15) is 36.1 Å². The summed E-state index contributed by atoms with van der Waals surface area (Å²) < 4.78 is 0. The lowest BCUT2D eigenvalue weighted by atomic mass is 9.98. The second-order valence-electron chi connectivity index (χ2n) is 14.5. The molecule has 0 unspecified atom stereocenters. The summed E-state index contributed by atoms with van der Waals surface area (Å²) in [5.74, 6) is 0. The van der Waals surface area contributed by atoms with Crippen LogP contribution in [0.25, 0.3) is 48.7 Å². The van der Waals surface area contributed by atoms with Gasteiger partial charge in [0.05, 0.1) is 5.69 Å². The van der Waals surface area contributed by atoms with E-state index in [9.17, 15) is 0 Å². The van der Waals surface area contributed by atoms with E-state index in [1.165, 1.54) is 76.6 Å². The van der Waals surface area contributed by atoms with E-state index in [-0.39, 0.29) is 0 Å². The van der Waals surface area contributed by atoms with Gasteiger partial charge in [-0.3, -0.25) is 0 Å². The highest BCUT2D eigenvalue weighted by atomic mass is 15.1. The summed E-state index contributed by atoms with van der Waals surface area (Å²) in [7, 11) is 0. The fraction of sp³-hybridized carbons (Fsp3) is 0.0909. The Morgan fingerprint density at radius 3 is 1.41 bits per heavy atom. The van der Waals surface area contributed by atoms with Crippen LogP contribution in [0.3, 0.4) is 0 Å². The summed E-state index contributed by atoms with van der Waals surface area (Å²) in [5.41, 5.74) is 9.95. The Morgan fingerprint density at radius 1 is 0.393 bits per heavy atom. The van der Waals surface area contributed by atoms with E-state index in [0.717, 1.165) is 11.4 Å².